The van der Waals surface area contributed by atoms with Crippen LogP contribution in [0.15, 0.2) is 24.3 Å². The summed E-state index contributed by atoms with van der Waals surface area (Å²) in [6, 6.07) is 6.09. The Morgan fingerprint density at radius 2 is 2.00 bits per heavy atom. The number of halogens is 2. The van der Waals surface area contributed by atoms with E-state index in [-0.39, 0.29) is 30.0 Å². The van der Waals surface area contributed by atoms with E-state index in [2.05, 4.69) is 0 Å². The fourth-order valence-corrected chi connectivity index (χ4v) is 2.93. The van der Waals surface area contributed by atoms with Crippen LogP contribution < -0.4 is 10.6 Å². The highest BCUT2D eigenvalue weighted by Crippen LogP contribution is 2.33. The molecule has 2 atom stereocenters. The van der Waals surface area contributed by atoms with Crippen LogP contribution in [0, 0.1) is 17.7 Å². The quantitative estimate of drug-likeness (QED) is 0.929. The molecule has 0 aromatic heterocycles. The van der Waals surface area contributed by atoms with Crippen LogP contribution in [0.4, 0.5) is 10.1 Å². The Bertz CT molecular complexity index is 438. The first kappa shape index (κ1) is 16.9. The zero-order valence-corrected chi connectivity index (χ0v) is 12.5. The number of benzene rings is 1. The Labute approximate surface area is 125 Å². The molecule has 1 aliphatic rings. The second-order valence-corrected chi connectivity index (χ2v) is 5.09. The standard InChI is InChI=1S/C15H21FN2O.ClH/c1-2-18(13-8-6-12(16)7-9-13)15(19)14-5-3-4-11(14)10-17;/h6-9,11,14H,2-5,10,17H2,1H3;1H/t11-,14-;/m1./s1. The van der Waals surface area contributed by atoms with Gasteiger partial charge in [0.15, 0.2) is 0 Å². The average molecular weight is 301 g/mol. The van der Waals surface area contributed by atoms with Crippen LogP contribution in [0.25, 0.3) is 0 Å². The van der Waals surface area contributed by atoms with Gasteiger partial charge in [-0.25, -0.2) is 4.39 Å². The van der Waals surface area contributed by atoms with Gasteiger partial charge < -0.3 is 10.6 Å². The molecule has 5 heteroatoms. The number of hydrogen-bond donors (Lipinski definition) is 1. The third-order valence-corrected chi connectivity index (χ3v) is 4.00. The SMILES string of the molecule is CCN(C(=O)[C@@H]1CCC[C@@H]1CN)c1ccc(F)cc1.Cl. The lowest BCUT2D eigenvalue weighted by Gasteiger charge is -2.27. The van der Waals surface area contributed by atoms with E-state index >= 15 is 0 Å². The summed E-state index contributed by atoms with van der Waals surface area (Å²) in [5.74, 6) is 0.159. The number of anilines is 1. The van der Waals surface area contributed by atoms with Crippen molar-refractivity contribution in [3.05, 3.63) is 30.1 Å². The van der Waals surface area contributed by atoms with Crippen molar-refractivity contribution >= 4 is 24.0 Å². The second kappa shape index (κ2) is 7.60. The molecule has 1 saturated carbocycles. The Hall–Kier alpha value is -1.13. The van der Waals surface area contributed by atoms with Gasteiger partial charge in [-0.3, -0.25) is 4.79 Å². The van der Waals surface area contributed by atoms with E-state index < -0.39 is 0 Å². The zero-order valence-electron chi connectivity index (χ0n) is 11.7. The summed E-state index contributed by atoms with van der Waals surface area (Å²) in [6.45, 7) is 3.10. The van der Waals surface area contributed by atoms with Crippen molar-refractivity contribution in [2.24, 2.45) is 17.6 Å². The molecule has 3 nitrogen and oxygen atoms in total. The second-order valence-electron chi connectivity index (χ2n) is 5.09. The van der Waals surface area contributed by atoms with Crippen molar-refractivity contribution in [3.8, 4) is 0 Å². The smallest absolute Gasteiger partial charge is 0.230 e. The van der Waals surface area contributed by atoms with Crippen molar-refractivity contribution in [1.29, 1.82) is 0 Å². The van der Waals surface area contributed by atoms with Crippen LogP contribution in [0.3, 0.4) is 0 Å². The summed E-state index contributed by atoms with van der Waals surface area (Å²) in [4.78, 5) is 14.3. The van der Waals surface area contributed by atoms with Crippen LogP contribution in [-0.4, -0.2) is 19.0 Å². The molecule has 0 saturated heterocycles. The molecule has 0 bridgehead atoms. The van der Waals surface area contributed by atoms with Gasteiger partial charge in [-0.15, -0.1) is 12.4 Å². The number of carbonyl (C=O) groups is 1. The number of amides is 1. The van der Waals surface area contributed by atoms with Gasteiger partial charge in [0.25, 0.3) is 0 Å². The maximum atomic E-state index is 13.0. The zero-order chi connectivity index (χ0) is 13.8. The number of rotatable bonds is 4. The van der Waals surface area contributed by atoms with E-state index in [1.807, 2.05) is 6.92 Å². The number of carbonyl (C=O) groups excluding carboxylic acids is 1. The third-order valence-electron chi connectivity index (χ3n) is 4.00. The molecule has 2 N–H and O–H groups in total. The summed E-state index contributed by atoms with van der Waals surface area (Å²) >= 11 is 0. The van der Waals surface area contributed by atoms with E-state index in [1.165, 1.54) is 12.1 Å². The largest absolute Gasteiger partial charge is 0.330 e. The van der Waals surface area contributed by atoms with Crippen molar-refractivity contribution in [3.63, 3.8) is 0 Å². The predicted octanol–water partition coefficient (Wildman–Crippen LogP) is 2.98. The van der Waals surface area contributed by atoms with Crippen molar-refractivity contribution in [2.75, 3.05) is 18.0 Å². The summed E-state index contributed by atoms with van der Waals surface area (Å²) in [6.07, 6.45) is 3.02. The number of nitrogens with zero attached hydrogens (tertiary/aromatic N) is 1. The van der Waals surface area contributed by atoms with Crippen molar-refractivity contribution in [1.82, 2.24) is 0 Å². The van der Waals surface area contributed by atoms with Gasteiger partial charge in [-0.05, 0) is 56.5 Å². The van der Waals surface area contributed by atoms with Crippen LogP contribution in [-0.2, 0) is 4.79 Å². The van der Waals surface area contributed by atoms with Gasteiger partial charge in [0.1, 0.15) is 5.82 Å². The molecule has 0 radical (unpaired) electrons. The molecule has 1 aromatic carbocycles. The molecular formula is C15H22ClFN2O. The normalized spacial score (nSPS) is 21.4. The highest BCUT2D eigenvalue weighted by atomic mass is 35.5. The topological polar surface area (TPSA) is 46.3 Å². The van der Waals surface area contributed by atoms with E-state index in [0.717, 1.165) is 24.9 Å². The first-order chi connectivity index (χ1) is 9.17. The number of nitrogens with two attached hydrogens (primary N) is 1. The van der Waals surface area contributed by atoms with Gasteiger partial charge in [-0.2, -0.15) is 0 Å². The lowest BCUT2D eigenvalue weighted by molar-refractivity contribution is -0.123. The minimum atomic E-state index is -0.284. The molecule has 2 rings (SSSR count). The fourth-order valence-electron chi connectivity index (χ4n) is 2.93. The van der Waals surface area contributed by atoms with Gasteiger partial charge >= 0.3 is 0 Å². The molecule has 1 amide bonds. The Morgan fingerprint density at radius 1 is 1.35 bits per heavy atom. The third kappa shape index (κ3) is 3.49. The molecule has 0 heterocycles. The molecule has 0 spiro atoms. The van der Waals surface area contributed by atoms with Gasteiger partial charge in [0, 0.05) is 18.2 Å². The Morgan fingerprint density at radius 3 is 2.55 bits per heavy atom. The first-order valence-electron chi connectivity index (χ1n) is 6.94. The average Bonchev–Trinajstić information content (AvgIpc) is 2.90. The maximum Gasteiger partial charge on any atom is 0.230 e. The molecule has 1 aromatic rings. The first-order valence-corrected chi connectivity index (χ1v) is 6.94. The van der Waals surface area contributed by atoms with Crippen LogP contribution in [0.2, 0.25) is 0 Å². The van der Waals surface area contributed by atoms with Crippen LogP contribution in [0.1, 0.15) is 26.2 Å². The molecule has 20 heavy (non-hydrogen) atoms. The highest BCUT2D eigenvalue weighted by Gasteiger charge is 2.34. The molecule has 1 aliphatic carbocycles. The summed E-state index contributed by atoms with van der Waals surface area (Å²) in [5.41, 5.74) is 6.50. The van der Waals surface area contributed by atoms with Gasteiger partial charge in [-0.1, -0.05) is 6.42 Å². The fraction of sp³-hybridized carbons (Fsp3) is 0.533. The number of hydrogen-bond acceptors (Lipinski definition) is 2. The Kier molecular flexibility index (Phi) is 6.43. The van der Waals surface area contributed by atoms with Gasteiger partial charge in [0.05, 0.1) is 0 Å². The van der Waals surface area contributed by atoms with Crippen LogP contribution >= 0.6 is 12.4 Å². The minimum Gasteiger partial charge on any atom is -0.330 e. The predicted molar refractivity (Wildman–Crippen MR) is 81.6 cm³/mol. The highest BCUT2D eigenvalue weighted by molar-refractivity contribution is 5.95. The molecule has 0 unspecified atom stereocenters. The summed E-state index contributed by atoms with van der Waals surface area (Å²) < 4.78 is 13.0. The van der Waals surface area contributed by atoms with E-state index in [9.17, 15) is 9.18 Å². The van der Waals surface area contributed by atoms with E-state index in [0.29, 0.717) is 19.0 Å². The molecule has 112 valence electrons. The molecule has 1 fully saturated rings. The molecule has 0 aliphatic heterocycles. The van der Waals surface area contributed by atoms with E-state index in [4.69, 9.17) is 5.73 Å². The Balaban J connectivity index is 0.00000200. The monoisotopic (exact) mass is 300 g/mol. The maximum absolute atomic E-state index is 13.0. The minimum absolute atomic E-state index is 0. The lowest BCUT2D eigenvalue weighted by Crippen LogP contribution is -2.39. The summed E-state index contributed by atoms with van der Waals surface area (Å²) in [5, 5.41) is 0. The van der Waals surface area contributed by atoms with Crippen molar-refractivity contribution in [2.45, 2.75) is 26.2 Å². The van der Waals surface area contributed by atoms with Gasteiger partial charge in [0.2, 0.25) is 5.91 Å². The van der Waals surface area contributed by atoms with Crippen molar-refractivity contribution < 1.29 is 9.18 Å². The molecular weight excluding hydrogens is 279 g/mol. The van der Waals surface area contributed by atoms with Crippen LogP contribution in [0.5, 0.6) is 0 Å². The lowest BCUT2D eigenvalue weighted by atomic mass is 9.94. The van der Waals surface area contributed by atoms with E-state index in [1.54, 1.807) is 17.0 Å². The summed E-state index contributed by atoms with van der Waals surface area (Å²) in [7, 11) is 0.